The van der Waals surface area contributed by atoms with Gasteiger partial charge in [-0.2, -0.15) is 4.72 Å². The molecule has 164 valence electrons. The van der Waals surface area contributed by atoms with E-state index in [1.807, 2.05) is 6.92 Å². The normalized spacial score (nSPS) is 12.6. The number of rotatable bonds is 6. The molecule has 0 saturated carbocycles. The molecule has 8 heteroatoms. The van der Waals surface area contributed by atoms with Crippen molar-refractivity contribution in [1.29, 1.82) is 0 Å². The molecule has 0 aliphatic carbocycles. The molecule has 1 heterocycles. The van der Waals surface area contributed by atoms with Crippen LogP contribution in [0.15, 0.2) is 86.9 Å². The Hall–Kier alpha value is -3.62. The number of nitrogens with one attached hydrogen (secondary N) is 1. The maximum absolute atomic E-state index is 13.2. The number of aromatic hydroxyl groups is 1. The number of hydrogen-bond donors (Lipinski definition) is 2. The van der Waals surface area contributed by atoms with E-state index in [1.54, 1.807) is 60.7 Å². The predicted octanol–water partition coefficient (Wildman–Crippen LogP) is 3.88. The topological polar surface area (TPSA) is 106 Å². The van der Waals surface area contributed by atoms with Gasteiger partial charge in [-0.15, -0.1) is 0 Å². The summed E-state index contributed by atoms with van der Waals surface area (Å²) in [5.74, 6) is 0.216. The first-order valence-electron chi connectivity index (χ1n) is 9.78. The first-order valence-corrected chi connectivity index (χ1v) is 11.3. The highest BCUT2D eigenvalue weighted by molar-refractivity contribution is 7.89. The molecule has 0 spiro atoms. The highest BCUT2D eigenvalue weighted by Gasteiger charge is 2.29. The van der Waals surface area contributed by atoms with Gasteiger partial charge in [0.25, 0.3) is 0 Å². The number of para-hydroxylation sites is 1. The number of methoxy groups -OCH3 is 1. The van der Waals surface area contributed by atoms with Crippen LogP contribution in [0.4, 0.5) is 0 Å². The molecule has 0 saturated heterocycles. The van der Waals surface area contributed by atoms with Crippen molar-refractivity contribution in [3.63, 3.8) is 0 Å². The minimum Gasteiger partial charge on any atom is -0.507 e. The van der Waals surface area contributed by atoms with Gasteiger partial charge >= 0.3 is 5.63 Å². The summed E-state index contributed by atoms with van der Waals surface area (Å²) >= 11 is 0. The molecule has 0 fully saturated rings. The van der Waals surface area contributed by atoms with Crippen LogP contribution in [0, 0.1) is 6.92 Å². The zero-order chi connectivity index (χ0) is 22.9. The zero-order valence-electron chi connectivity index (χ0n) is 17.4. The number of fused-ring (bicyclic) bond motifs is 1. The van der Waals surface area contributed by atoms with Gasteiger partial charge in [0.15, 0.2) is 0 Å². The van der Waals surface area contributed by atoms with Crippen LogP contribution in [0.1, 0.15) is 22.7 Å². The molecule has 32 heavy (non-hydrogen) atoms. The predicted molar refractivity (Wildman–Crippen MR) is 120 cm³/mol. The quantitative estimate of drug-likeness (QED) is 0.431. The summed E-state index contributed by atoms with van der Waals surface area (Å²) < 4.78 is 39.4. The summed E-state index contributed by atoms with van der Waals surface area (Å²) in [5, 5.41) is 11.2. The molecule has 1 aromatic heterocycles. The van der Waals surface area contributed by atoms with Crippen molar-refractivity contribution < 1.29 is 22.7 Å². The lowest BCUT2D eigenvalue weighted by atomic mass is 9.99. The van der Waals surface area contributed by atoms with Crippen LogP contribution in [0.5, 0.6) is 11.5 Å². The Morgan fingerprint density at radius 2 is 1.62 bits per heavy atom. The summed E-state index contributed by atoms with van der Waals surface area (Å²) in [7, 11) is -2.54. The summed E-state index contributed by atoms with van der Waals surface area (Å²) in [5.41, 5.74) is 0.495. The molecule has 7 nitrogen and oxygen atoms in total. The third kappa shape index (κ3) is 4.10. The fourth-order valence-electron chi connectivity index (χ4n) is 3.43. The van der Waals surface area contributed by atoms with Crippen molar-refractivity contribution in [2.24, 2.45) is 0 Å². The molecule has 2 N–H and O–H groups in total. The summed E-state index contributed by atoms with van der Waals surface area (Å²) in [6, 6.07) is 18.1. The number of ether oxygens (including phenoxy) is 1. The average Bonchev–Trinajstić information content (AvgIpc) is 2.78. The van der Waals surface area contributed by atoms with E-state index in [9.17, 15) is 18.3 Å². The fourth-order valence-corrected chi connectivity index (χ4v) is 4.63. The lowest BCUT2D eigenvalue weighted by Gasteiger charge is -2.20. The van der Waals surface area contributed by atoms with Crippen molar-refractivity contribution >= 4 is 21.0 Å². The van der Waals surface area contributed by atoms with E-state index in [1.165, 1.54) is 19.2 Å². The molecule has 4 aromatic rings. The Bertz CT molecular complexity index is 1420. The number of aryl methyl sites for hydroxylation is 1. The minimum atomic E-state index is -4.05. The molecule has 4 rings (SSSR count). The van der Waals surface area contributed by atoms with Crippen LogP contribution in [0.3, 0.4) is 0 Å². The van der Waals surface area contributed by atoms with Gasteiger partial charge in [-0.3, -0.25) is 0 Å². The third-order valence-corrected chi connectivity index (χ3v) is 6.60. The Balaban J connectivity index is 1.90. The van der Waals surface area contributed by atoms with Gasteiger partial charge in [0.2, 0.25) is 10.0 Å². The summed E-state index contributed by atoms with van der Waals surface area (Å²) in [4.78, 5) is 12.9. The van der Waals surface area contributed by atoms with Crippen molar-refractivity contribution in [3.8, 4) is 11.5 Å². The van der Waals surface area contributed by atoms with E-state index >= 15 is 0 Å². The Kier molecular flexibility index (Phi) is 5.73. The van der Waals surface area contributed by atoms with Crippen LogP contribution < -0.4 is 15.1 Å². The largest absolute Gasteiger partial charge is 0.507 e. The molecule has 0 aliphatic heterocycles. The van der Waals surface area contributed by atoms with E-state index in [4.69, 9.17) is 9.15 Å². The van der Waals surface area contributed by atoms with Crippen molar-refractivity contribution in [2.45, 2.75) is 17.9 Å². The van der Waals surface area contributed by atoms with Gasteiger partial charge in [-0.1, -0.05) is 42.0 Å². The van der Waals surface area contributed by atoms with E-state index in [0.717, 1.165) is 5.56 Å². The molecule has 0 amide bonds. The van der Waals surface area contributed by atoms with Crippen LogP contribution in [0.25, 0.3) is 11.0 Å². The van der Waals surface area contributed by atoms with Gasteiger partial charge in [0.1, 0.15) is 22.6 Å². The van der Waals surface area contributed by atoms with Gasteiger partial charge in [0.05, 0.1) is 23.4 Å². The van der Waals surface area contributed by atoms with Crippen LogP contribution in [0.2, 0.25) is 0 Å². The second-order valence-corrected chi connectivity index (χ2v) is 9.00. The lowest BCUT2D eigenvalue weighted by molar-refractivity contribution is 0.414. The second-order valence-electron chi connectivity index (χ2n) is 7.29. The Morgan fingerprint density at radius 1 is 0.969 bits per heavy atom. The van der Waals surface area contributed by atoms with Gasteiger partial charge in [-0.25, -0.2) is 13.2 Å². The lowest BCUT2D eigenvalue weighted by Crippen LogP contribution is -2.32. The average molecular weight is 452 g/mol. The number of hydrogen-bond acceptors (Lipinski definition) is 6. The highest BCUT2D eigenvalue weighted by Crippen LogP contribution is 2.34. The summed E-state index contributed by atoms with van der Waals surface area (Å²) in [6.45, 7) is 1.85. The number of sulfonamides is 1. The van der Waals surface area contributed by atoms with Gasteiger partial charge < -0.3 is 14.3 Å². The molecule has 0 unspecified atom stereocenters. The fraction of sp³-hybridized carbons (Fsp3) is 0.125. The van der Waals surface area contributed by atoms with Gasteiger partial charge in [0, 0.05) is 0 Å². The highest BCUT2D eigenvalue weighted by atomic mass is 32.2. The molecule has 0 bridgehead atoms. The zero-order valence-corrected chi connectivity index (χ0v) is 18.2. The minimum absolute atomic E-state index is 0.0336. The standard InChI is InChI=1S/C24H21NO6S/c1-15-7-13-18(14-8-15)32(28,29)25-22(16-9-11-17(30-2)12-10-16)21-23(26)19-5-3-4-6-20(19)31-24(21)27/h3-14,22,25-26H,1-2H3/t22-/m0/s1. The van der Waals surface area contributed by atoms with Crippen molar-refractivity contribution in [2.75, 3.05) is 7.11 Å². The maximum Gasteiger partial charge on any atom is 0.345 e. The van der Waals surface area contributed by atoms with Crippen LogP contribution in [-0.4, -0.2) is 20.6 Å². The number of benzene rings is 3. The van der Waals surface area contributed by atoms with Crippen LogP contribution in [-0.2, 0) is 10.0 Å². The van der Waals surface area contributed by atoms with Crippen LogP contribution >= 0.6 is 0 Å². The van der Waals surface area contributed by atoms with Crippen molar-refractivity contribution in [1.82, 2.24) is 4.72 Å². The first-order chi connectivity index (χ1) is 15.3. The van der Waals surface area contributed by atoms with Gasteiger partial charge in [-0.05, 0) is 48.9 Å². The van der Waals surface area contributed by atoms with E-state index in [0.29, 0.717) is 16.7 Å². The maximum atomic E-state index is 13.2. The first kappa shape index (κ1) is 21.6. The SMILES string of the molecule is COc1ccc([C@H](NS(=O)(=O)c2ccc(C)cc2)c2c(O)c3ccccc3oc2=O)cc1. The monoisotopic (exact) mass is 451 g/mol. The van der Waals surface area contributed by atoms with E-state index in [2.05, 4.69) is 4.72 Å². The van der Waals surface area contributed by atoms with E-state index in [-0.39, 0.29) is 21.8 Å². The van der Waals surface area contributed by atoms with E-state index < -0.39 is 21.7 Å². The summed E-state index contributed by atoms with van der Waals surface area (Å²) in [6.07, 6.45) is 0. The smallest absolute Gasteiger partial charge is 0.345 e. The molecular formula is C24H21NO6S. The molecule has 1 atom stereocenters. The third-order valence-electron chi connectivity index (χ3n) is 5.16. The molecule has 0 aliphatic rings. The Morgan fingerprint density at radius 3 is 2.28 bits per heavy atom. The molecule has 0 radical (unpaired) electrons. The molecule has 3 aromatic carbocycles. The Labute approximate surface area is 185 Å². The van der Waals surface area contributed by atoms with Crippen molar-refractivity contribution in [3.05, 3.63) is 99.9 Å². The molecular weight excluding hydrogens is 430 g/mol. The second kappa shape index (κ2) is 8.49.